The molecule has 0 saturated heterocycles. The lowest BCUT2D eigenvalue weighted by Crippen LogP contribution is -2.00. The highest BCUT2D eigenvalue weighted by Crippen LogP contribution is 2.26. The van der Waals surface area contributed by atoms with Crippen molar-refractivity contribution >= 4 is 12.3 Å². The first kappa shape index (κ1) is 11.9. The van der Waals surface area contributed by atoms with Gasteiger partial charge in [-0.25, -0.2) is 4.79 Å². The van der Waals surface area contributed by atoms with Gasteiger partial charge >= 0.3 is 5.97 Å². The van der Waals surface area contributed by atoms with E-state index in [9.17, 15) is 9.59 Å². The monoisotopic (exact) mass is 242 g/mol. The predicted octanol–water partition coefficient (Wildman–Crippen LogP) is 2.99. The number of aldehydes is 1. The number of rotatable bonds is 4. The number of carboxylic acids is 1. The molecule has 1 N–H and O–H groups in total. The van der Waals surface area contributed by atoms with E-state index < -0.39 is 5.97 Å². The molecule has 2 aromatic carbocycles. The molecule has 0 unspecified atom stereocenters. The number of carbonyl (C=O) groups is 2. The summed E-state index contributed by atoms with van der Waals surface area (Å²) >= 11 is 0. The number of hydrogen-bond acceptors (Lipinski definition) is 3. The normalized spacial score (nSPS) is 9.78. The highest BCUT2D eigenvalue weighted by molar-refractivity contribution is 5.92. The number of para-hydroxylation sites is 1. The Labute approximate surface area is 103 Å². The van der Waals surface area contributed by atoms with Crippen molar-refractivity contribution in [3.8, 4) is 11.5 Å². The molecule has 0 heterocycles. The van der Waals surface area contributed by atoms with Crippen molar-refractivity contribution in [2.75, 3.05) is 0 Å². The Balaban J connectivity index is 2.41. The van der Waals surface area contributed by atoms with E-state index in [1.807, 2.05) is 6.07 Å². The van der Waals surface area contributed by atoms with Crippen LogP contribution in [0.15, 0.2) is 48.5 Å². The molecular formula is C14H10O4. The van der Waals surface area contributed by atoms with Crippen LogP contribution in [0.5, 0.6) is 11.5 Å². The molecule has 2 aromatic rings. The SMILES string of the molecule is O=Cc1ccc(C(=O)O)c(Oc2ccccc2)c1. The van der Waals surface area contributed by atoms with Gasteiger partial charge in [0.1, 0.15) is 23.3 Å². The fourth-order valence-electron chi connectivity index (χ4n) is 1.49. The summed E-state index contributed by atoms with van der Waals surface area (Å²) < 4.78 is 5.47. The number of carbonyl (C=O) groups excluding carboxylic acids is 1. The predicted molar refractivity (Wildman–Crippen MR) is 65.3 cm³/mol. The summed E-state index contributed by atoms with van der Waals surface area (Å²) in [7, 11) is 0. The van der Waals surface area contributed by atoms with Gasteiger partial charge in [0, 0.05) is 5.56 Å². The summed E-state index contributed by atoms with van der Waals surface area (Å²) in [6.07, 6.45) is 0.642. The van der Waals surface area contributed by atoms with Crippen LogP contribution in [-0.4, -0.2) is 17.4 Å². The first-order valence-corrected chi connectivity index (χ1v) is 5.26. The fourth-order valence-corrected chi connectivity index (χ4v) is 1.49. The second kappa shape index (κ2) is 5.14. The van der Waals surface area contributed by atoms with Crippen LogP contribution in [0.3, 0.4) is 0 Å². The number of ether oxygens (including phenoxy) is 1. The maximum absolute atomic E-state index is 11.0. The van der Waals surface area contributed by atoms with Gasteiger partial charge in [0.05, 0.1) is 0 Å². The largest absolute Gasteiger partial charge is 0.478 e. The Morgan fingerprint density at radius 1 is 1.11 bits per heavy atom. The summed E-state index contributed by atoms with van der Waals surface area (Å²) in [5.41, 5.74) is 0.385. The molecule has 0 aliphatic heterocycles. The number of aromatic carboxylic acids is 1. The lowest BCUT2D eigenvalue weighted by Gasteiger charge is -2.09. The number of hydrogen-bond donors (Lipinski definition) is 1. The Kier molecular flexibility index (Phi) is 3.38. The molecule has 0 atom stereocenters. The van der Waals surface area contributed by atoms with Crippen molar-refractivity contribution in [1.29, 1.82) is 0 Å². The Morgan fingerprint density at radius 3 is 2.44 bits per heavy atom. The maximum Gasteiger partial charge on any atom is 0.339 e. The van der Waals surface area contributed by atoms with Crippen LogP contribution in [0, 0.1) is 0 Å². The van der Waals surface area contributed by atoms with E-state index in [0.717, 1.165) is 0 Å². The summed E-state index contributed by atoms with van der Waals surface area (Å²) in [5.74, 6) is -0.431. The summed E-state index contributed by atoms with van der Waals surface area (Å²) in [5, 5.41) is 9.04. The molecule has 0 amide bonds. The topological polar surface area (TPSA) is 63.6 Å². The highest BCUT2D eigenvalue weighted by atomic mass is 16.5. The molecule has 0 aliphatic rings. The minimum Gasteiger partial charge on any atom is -0.478 e. The van der Waals surface area contributed by atoms with E-state index in [1.165, 1.54) is 18.2 Å². The summed E-state index contributed by atoms with van der Waals surface area (Å²) in [6, 6.07) is 13.0. The van der Waals surface area contributed by atoms with Gasteiger partial charge in [-0.2, -0.15) is 0 Å². The molecule has 2 rings (SSSR count). The van der Waals surface area contributed by atoms with Crippen LogP contribution in [0.2, 0.25) is 0 Å². The van der Waals surface area contributed by atoms with Crippen molar-refractivity contribution in [2.45, 2.75) is 0 Å². The van der Waals surface area contributed by atoms with E-state index >= 15 is 0 Å². The molecule has 4 heteroatoms. The fraction of sp³-hybridized carbons (Fsp3) is 0. The van der Waals surface area contributed by atoms with Crippen LogP contribution in [0.1, 0.15) is 20.7 Å². The minimum absolute atomic E-state index is 0.0180. The smallest absolute Gasteiger partial charge is 0.339 e. The quantitative estimate of drug-likeness (QED) is 0.837. The van der Waals surface area contributed by atoms with Crippen LogP contribution < -0.4 is 4.74 Å². The van der Waals surface area contributed by atoms with Crippen molar-refractivity contribution in [2.24, 2.45) is 0 Å². The summed E-state index contributed by atoms with van der Waals surface area (Å²) in [6.45, 7) is 0. The molecule has 0 aromatic heterocycles. The van der Waals surface area contributed by atoms with E-state index in [4.69, 9.17) is 9.84 Å². The molecule has 0 fully saturated rings. The van der Waals surface area contributed by atoms with Gasteiger partial charge < -0.3 is 9.84 Å². The van der Waals surface area contributed by atoms with Crippen molar-refractivity contribution in [1.82, 2.24) is 0 Å². The highest BCUT2D eigenvalue weighted by Gasteiger charge is 2.12. The third kappa shape index (κ3) is 2.55. The van der Waals surface area contributed by atoms with Gasteiger partial charge in [-0.15, -0.1) is 0 Å². The maximum atomic E-state index is 11.0. The molecule has 4 nitrogen and oxygen atoms in total. The van der Waals surface area contributed by atoms with Gasteiger partial charge in [0.15, 0.2) is 0 Å². The van der Waals surface area contributed by atoms with Crippen molar-refractivity contribution in [3.63, 3.8) is 0 Å². The van der Waals surface area contributed by atoms with Crippen molar-refractivity contribution in [3.05, 3.63) is 59.7 Å². The molecule has 0 saturated carbocycles. The van der Waals surface area contributed by atoms with Crippen molar-refractivity contribution < 1.29 is 19.4 Å². The molecule has 90 valence electrons. The van der Waals surface area contributed by atoms with Gasteiger partial charge in [-0.3, -0.25) is 4.79 Å². The molecule has 0 radical (unpaired) electrons. The van der Waals surface area contributed by atoms with Gasteiger partial charge in [0.2, 0.25) is 0 Å². The average molecular weight is 242 g/mol. The third-order valence-electron chi connectivity index (χ3n) is 2.34. The van der Waals surface area contributed by atoms with Crippen LogP contribution >= 0.6 is 0 Å². The summed E-state index contributed by atoms with van der Waals surface area (Å²) in [4.78, 5) is 21.7. The van der Waals surface area contributed by atoms with Gasteiger partial charge in [0.25, 0.3) is 0 Å². The zero-order chi connectivity index (χ0) is 13.0. The second-order valence-electron chi connectivity index (χ2n) is 3.59. The second-order valence-corrected chi connectivity index (χ2v) is 3.59. The average Bonchev–Trinajstić information content (AvgIpc) is 2.39. The standard InChI is InChI=1S/C14H10O4/c15-9-10-6-7-12(14(16)17)13(8-10)18-11-4-2-1-3-5-11/h1-9H,(H,16,17). The minimum atomic E-state index is -1.10. The zero-order valence-electron chi connectivity index (χ0n) is 9.37. The molecule has 18 heavy (non-hydrogen) atoms. The van der Waals surface area contributed by atoms with Crippen LogP contribution in [0.25, 0.3) is 0 Å². The Morgan fingerprint density at radius 2 is 1.83 bits per heavy atom. The lowest BCUT2D eigenvalue weighted by atomic mass is 10.1. The molecule has 0 spiro atoms. The van der Waals surface area contributed by atoms with E-state index in [2.05, 4.69) is 0 Å². The van der Waals surface area contributed by atoms with E-state index in [-0.39, 0.29) is 11.3 Å². The first-order chi connectivity index (χ1) is 8.70. The molecule has 0 bridgehead atoms. The van der Waals surface area contributed by atoms with E-state index in [1.54, 1.807) is 24.3 Å². The molecular weight excluding hydrogens is 232 g/mol. The Bertz CT molecular complexity index is 576. The first-order valence-electron chi connectivity index (χ1n) is 5.26. The lowest BCUT2D eigenvalue weighted by molar-refractivity contribution is 0.0694. The van der Waals surface area contributed by atoms with Gasteiger partial charge in [-0.1, -0.05) is 24.3 Å². The third-order valence-corrected chi connectivity index (χ3v) is 2.34. The van der Waals surface area contributed by atoms with Gasteiger partial charge in [-0.05, 0) is 24.3 Å². The molecule has 0 aliphatic carbocycles. The van der Waals surface area contributed by atoms with E-state index in [0.29, 0.717) is 17.6 Å². The van der Waals surface area contributed by atoms with Crippen LogP contribution in [0.4, 0.5) is 0 Å². The Hall–Kier alpha value is -2.62. The zero-order valence-corrected chi connectivity index (χ0v) is 9.37. The van der Waals surface area contributed by atoms with Crippen LogP contribution in [-0.2, 0) is 0 Å². The number of carboxylic acid groups (broad SMARTS) is 1. The number of benzene rings is 2.